The second-order valence-electron chi connectivity index (χ2n) is 29.4. The summed E-state index contributed by atoms with van der Waals surface area (Å²) in [5.41, 5.74) is 20.4. The van der Waals surface area contributed by atoms with E-state index in [0.717, 1.165) is 140 Å². The number of anilines is 18. The Bertz CT molecular complexity index is 7090. The number of fused-ring (bicyclic) bond motifs is 6. The molecule has 0 unspecified atom stereocenters. The monoisotopic (exact) mass is 1580 g/mol. The van der Waals surface area contributed by atoms with Crippen LogP contribution in [0.15, 0.2) is 437 Å². The minimum atomic E-state index is -2.22. The minimum absolute atomic E-state index is 0.249. The summed E-state index contributed by atoms with van der Waals surface area (Å²) in [5.74, 6) is -9.32. The van der Waals surface area contributed by atoms with Gasteiger partial charge in [-0.05, 0) is 260 Å². The van der Waals surface area contributed by atoms with Gasteiger partial charge in [0.15, 0.2) is 23.3 Å². The number of benzene rings is 17. The highest BCUT2D eigenvalue weighted by Gasteiger charge is 2.31. The number of para-hydroxylation sites is 8. The van der Waals surface area contributed by atoms with Crippen molar-refractivity contribution in [3.63, 3.8) is 0 Å². The molecule has 3 heterocycles. The van der Waals surface area contributed by atoms with Crippen molar-refractivity contribution in [2.24, 2.45) is 0 Å². The van der Waals surface area contributed by atoms with Gasteiger partial charge in [0.1, 0.15) is 11.5 Å². The van der Waals surface area contributed by atoms with Crippen LogP contribution in [0.4, 0.5) is 124 Å². The molecule has 0 aliphatic rings. The van der Waals surface area contributed by atoms with E-state index in [0.29, 0.717) is 16.5 Å². The molecule has 0 saturated carbocycles. The summed E-state index contributed by atoms with van der Waals surface area (Å²) in [6.07, 6.45) is 1.84. The fourth-order valence-corrected chi connectivity index (χ4v) is 16.8. The molecule has 20 rings (SSSR count). The lowest BCUT2D eigenvalue weighted by Gasteiger charge is -2.30. The second kappa shape index (κ2) is 31.9. The van der Waals surface area contributed by atoms with Crippen molar-refractivity contribution >= 4 is 146 Å². The van der Waals surface area contributed by atoms with Crippen LogP contribution in [0.1, 0.15) is 0 Å². The van der Waals surface area contributed by atoms with Crippen molar-refractivity contribution in [1.82, 2.24) is 14.1 Å². The Morgan fingerprint density at radius 1 is 0.174 bits per heavy atom. The van der Waals surface area contributed by atoms with Gasteiger partial charge in [-0.2, -0.15) is 0 Å². The predicted octanol–water partition coefficient (Wildman–Crippen LogP) is 30.5. The van der Waals surface area contributed by atoms with E-state index in [1.807, 2.05) is 103 Å². The van der Waals surface area contributed by atoms with Gasteiger partial charge >= 0.3 is 0 Å². The molecule has 0 radical (unpaired) electrons. The topological polar surface area (TPSA) is 42.2 Å². The van der Waals surface area contributed by atoms with Gasteiger partial charge in [0.05, 0.1) is 22.1 Å². The van der Waals surface area contributed by atoms with Crippen LogP contribution in [-0.2, 0) is 0 Å². The zero-order valence-corrected chi connectivity index (χ0v) is 65.0. The molecule has 0 aliphatic carbocycles. The Balaban J connectivity index is 0.652. The molecule has 0 N–H and O–H groups in total. The quantitative estimate of drug-likeness (QED) is 0.0403. The van der Waals surface area contributed by atoms with Gasteiger partial charge in [-0.1, -0.05) is 182 Å². The van der Waals surface area contributed by atoms with Crippen molar-refractivity contribution in [1.29, 1.82) is 0 Å². The molecule has 0 bridgehead atoms. The first-order chi connectivity index (χ1) is 59.6. The van der Waals surface area contributed by atoms with Crippen LogP contribution in [0, 0.1) is 29.1 Å². The highest BCUT2D eigenvalue weighted by Crippen LogP contribution is 2.49. The van der Waals surface area contributed by atoms with E-state index in [1.54, 1.807) is 36.4 Å². The Kier molecular flexibility index (Phi) is 19.4. The molecule has 580 valence electrons. The fourth-order valence-electron chi connectivity index (χ4n) is 16.8. The molecule has 121 heavy (non-hydrogen) atoms. The highest BCUT2D eigenvalue weighted by atomic mass is 19.2. The first-order valence-corrected chi connectivity index (χ1v) is 39.9. The zero-order chi connectivity index (χ0) is 81.4. The minimum Gasteiger partial charge on any atom is -0.310 e. The summed E-state index contributed by atoms with van der Waals surface area (Å²) < 4.78 is 79.4. The molecule has 0 amide bonds. The third kappa shape index (κ3) is 13.8. The summed E-state index contributed by atoms with van der Waals surface area (Å²) in [6, 6.07) is 147. The number of rotatable bonds is 21. The first kappa shape index (κ1) is 73.8. The molecule has 0 aliphatic heterocycles. The number of hydrogen-bond donors (Lipinski definition) is 0. The van der Waals surface area contributed by atoms with E-state index >= 15 is 8.78 Å². The van der Waals surface area contributed by atoms with Crippen LogP contribution < -0.4 is 29.4 Å². The molecular formula is C107H72F5N9. The lowest BCUT2D eigenvalue weighted by atomic mass is 10.0. The number of halogens is 5. The third-order valence-electron chi connectivity index (χ3n) is 22.2. The van der Waals surface area contributed by atoms with E-state index in [9.17, 15) is 13.2 Å². The zero-order valence-electron chi connectivity index (χ0n) is 65.0. The molecular weight excluding hydrogens is 1510 g/mol. The maximum Gasteiger partial charge on any atom is 0.200 e. The van der Waals surface area contributed by atoms with Gasteiger partial charge in [0.25, 0.3) is 0 Å². The number of hydrogen-bond acceptors (Lipinski definition) is 7. The Hall–Kier alpha value is -16.1. The second-order valence-corrected chi connectivity index (χ2v) is 29.4. The van der Waals surface area contributed by atoms with E-state index in [4.69, 9.17) is 4.98 Å². The van der Waals surface area contributed by atoms with Crippen molar-refractivity contribution < 1.29 is 22.0 Å². The average Bonchev–Trinajstić information content (AvgIpc) is 1.58. The smallest absolute Gasteiger partial charge is 0.200 e. The summed E-state index contributed by atoms with van der Waals surface area (Å²) in [4.78, 5) is 18.5. The van der Waals surface area contributed by atoms with E-state index < -0.39 is 34.8 Å². The van der Waals surface area contributed by atoms with Crippen LogP contribution in [0.5, 0.6) is 0 Å². The maximum absolute atomic E-state index is 15.8. The van der Waals surface area contributed by atoms with Gasteiger partial charge in [-0.15, -0.1) is 0 Å². The summed E-state index contributed by atoms with van der Waals surface area (Å²) in [7, 11) is 0. The van der Waals surface area contributed by atoms with Crippen molar-refractivity contribution in [3.8, 4) is 22.6 Å². The fraction of sp³-hybridized carbons (Fsp3) is 0. The summed E-state index contributed by atoms with van der Waals surface area (Å²) in [6.45, 7) is 0. The number of pyridine rings is 1. The Morgan fingerprint density at radius 2 is 0.430 bits per heavy atom. The number of aromatic nitrogens is 3. The van der Waals surface area contributed by atoms with Crippen LogP contribution in [0.25, 0.3) is 66.2 Å². The van der Waals surface area contributed by atoms with Gasteiger partial charge in [0, 0.05) is 130 Å². The molecule has 14 heteroatoms. The van der Waals surface area contributed by atoms with Crippen LogP contribution >= 0.6 is 0 Å². The molecule has 0 spiro atoms. The molecule has 0 atom stereocenters. The van der Waals surface area contributed by atoms with E-state index in [2.05, 4.69) is 331 Å². The molecule has 9 nitrogen and oxygen atoms in total. The Morgan fingerprint density at radius 3 is 0.810 bits per heavy atom. The normalized spacial score (nSPS) is 11.3. The summed E-state index contributed by atoms with van der Waals surface area (Å²) in [5, 5.41) is 3.20. The maximum atomic E-state index is 15.8. The van der Waals surface area contributed by atoms with Gasteiger partial charge in [-0.3, -0.25) is 4.57 Å². The van der Waals surface area contributed by atoms with Crippen molar-refractivity contribution in [2.75, 3.05) is 29.4 Å². The SMILES string of the molecule is Fc1c(F)c(F)c(-n2c3ccccc3c3cc(N(c4ccccc4)c4ccc(N(c5ccccc5)c5cccc(N(c6ccccc6)c6cccc(-c7ccc8c(c7)c7cc(N(c9ccccc9)c9ccc(N(c%10ccccc%10)c%10cccc(N(c%11ccccc%11)c%11ccccc%11)c%10)cc9)ccc7n8-c7ccccn7)c6)c5)cc4)ccc32)c(F)c1F. The van der Waals surface area contributed by atoms with Crippen LogP contribution in [0.3, 0.4) is 0 Å². The van der Waals surface area contributed by atoms with Crippen LogP contribution in [-0.4, -0.2) is 14.1 Å². The standard InChI is InChI=1S/C107H72F5N9/c108-102-103(109)105(111)107(106(112)104(102)110)121-97-50-23-22-49-93(97)95-71-91(62-65-100(95)121)117(79-38-16-5-17-39-79)84-57-53-83(54-58-84)116(78-36-14-4-15-37-78)89-47-28-48-90(70-89)119(81-42-20-7-21-43-81)86-44-26-29-73(67-86)74-52-63-98-94(68-74)96-72-92(61-64-99(96)120(98)101-51-24-25-66-113-101)118(80-40-18-6-19-41-80)85-59-55-82(56-60-85)115(77-34-12-3-13-35-77)88-46-27-45-87(69-88)114(75-30-8-1-9-31-75)76-32-10-2-11-33-76/h1-72H. The highest BCUT2D eigenvalue weighted by molar-refractivity contribution is 6.13. The van der Waals surface area contributed by atoms with Crippen LogP contribution in [0.2, 0.25) is 0 Å². The molecule has 0 fully saturated rings. The van der Waals surface area contributed by atoms with Crippen molar-refractivity contribution in [2.45, 2.75) is 0 Å². The lowest BCUT2D eigenvalue weighted by molar-refractivity contribution is 0.376. The lowest BCUT2D eigenvalue weighted by Crippen LogP contribution is -2.14. The van der Waals surface area contributed by atoms with Crippen molar-refractivity contribution in [3.05, 3.63) is 466 Å². The van der Waals surface area contributed by atoms with E-state index in [1.165, 1.54) is 0 Å². The molecule has 0 saturated heterocycles. The summed E-state index contributed by atoms with van der Waals surface area (Å²) >= 11 is 0. The van der Waals surface area contributed by atoms with E-state index in [-0.39, 0.29) is 11.0 Å². The van der Waals surface area contributed by atoms with Gasteiger partial charge in [0.2, 0.25) is 5.82 Å². The number of nitrogens with zero attached hydrogens (tertiary/aromatic N) is 9. The van der Waals surface area contributed by atoms with Gasteiger partial charge < -0.3 is 34.0 Å². The predicted molar refractivity (Wildman–Crippen MR) is 486 cm³/mol. The Labute approximate surface area is 695 Å². The third-order valence-corrected chi connectivity index (χ3v) is 22.2. The first-order valence-electron chi connectivity index (χ1n) is 39.9. The average molecular weight is 1580 g/mol. The largest absolute Gasteiger partial charge is 0.310 e. The molecule has 17 aromatic carbocycles. The van der Waals surface area contributed by atoms with Gasteiger partial charge in [-0.25, -0.2) is 26.9 Å². The molecule has 3 aromatic heterocycles. The molecule has 20 aromatic rings.